The van der Waals surface area contributed by atoms with Gasteiger partial charge in [-0.15, -0.1) is 0 Å². The number of fused-ring (bicyclic) bond motifs is 1. The Labute approximate surface area is 195 Å². The second-order valence-electron chi connectivity index (χ2n) is 8.85. The second kappa shape index (κ2) is 9.25. The van der Waals surface area contributed by atoms with Crippen molar-refractivity contribution in [2.45, 2.75) is 24.3 Å². The van der Waals surface area contributed by atoms with Crippen LogP contribution in [0.4, 0.5) is 0 Å². The highest BCUT2D eigenvalue weighted by Crippen LogP contribution is 2.23. The molecule has 2 fully saturated rings. The SMILES string of the molecule is O=C(c1cccc(S(=O)(=O)N2CCCC2)c1)N1CCN(Cc2cccc3ccccc23)CC1. The summed E-state index contributed by atoms with van der Waals surface area (Å²) in [6.07, 6.45) is 1.78. The molecule has 7 heteroatoms. The lowest BCUT2D eigenvalue weighted by atomic mass is 10.0. The smallest absolute Gasteiger partial charge is 0.253 e. The van der Waals surface area contributed by atoms with E-state index in [0.29, 0.717) is 31.7 Å². The maximum absolute atomic E-state index is 13.1. The molecule has 2 heterocycles. The van der Waals surface area contributed by atoms with Gasteiger partial charge in [0, 0.05) is 51.4 Å². The van der Waals surface area contributed by atoms with Crippen LogP contribution in [0.1, 0.15) is 28.8 Å². The first kappa shape index (κ1) is 22.1. The van der Waals surface area contributed by atoms with Crippen LogP contribution in [0.15, 0.2) is 71.6 Å². The lowest BCUT2D eigenvalue weighted by Gasteiger charge is -2.35. The van der Waals surface area contributed by atoms with Crippen molar-refractivity contribution < 1.29 is 13.2 Å². The molecule has 0 radical (unpaired) electrons. The Morgan fingerprint density at radius 2 is 1.48 bits per heavy atom. The van der Waals surface area contributed by atoms with Gasteiger partial charge in [0.2, 0.25) is 10.0 Å². The van der Waals surface area contributed by atoms with E-state index in [1.807, 2.05) is 4.90 Å². The Morgan fingerprint density at radius 1 is 0.788 bits per heavy atom. The number of rotatable bonds is 5. The van der Waals surface area contributed by atoms with Crippen molar-refractivity contribution in [1.82, 2.24) is 14.1 Å². The summed E-state index contributed by atoms with van der Waals surface area (Å²) < 4.78 is 27.3. The molecular weight excluding hydrogens is 434 g/mol. The lowest BCUT2D eigenvalue weighted by molar-refractivity contribution is 0.0628. The monoisotopic (exact) mass is 463 g/mol. The van der Waals surface area contributed by atoms with Crippen LogP contribution in [0, 0.1) is 0 Å². The van der Waals surface area contributed by atoms with Crippen molar-refractivity contribution in [1.29, 1.82) is 0 Å². The van der Waals surface area contributed by atoms with E-state index < -0.39 is 10.0 Å². The molecule has 0 unspecified atom stereocenters. The number of carbonyl (C=O) groups excluding carboxylic acids is 1. The van der Waals surface area contributed by atoms with E-state index in [1.54, 1.807) is 24.3 Å². The third-order valence-electron chi connectivity index (χ3n) is 6.72. The molecule has 0 bridgehead atoms. The van der Waals surface area contributed by atoms with E-state index in [0.717, 1.165) is 32.5 Å². The van der Waals surface area contributed by atoms with E-state index in [-0.39, 0.29) is 10.8 Å². The van der Waals surface area contributed by atoms with Crippen molar-refractivity contribution in [3.63, 3.8) is 0 Å². The molecule has 0 saturated carbocycles. The zero-order chi connectivity index (χ0) is 22.8. The molecule has 0 aliphatic carbocycles. The molecule has 5 rings (SSSR count). The van der Waals surface area contributed by atoms with Crippen LogP contribution in [0.2, 0.25) is 0 Å². The lowest BCUT2D eigenvalue weighted by Crippen LogP contribution is -2.48. The molecule has 3 aromatic carbocycles. The fourth-order valence-corrected chi connectivity index (χ4v) is 6.39. The van der Waals surface area contributed by atoms with Crippen LogP contribution in [-0.4, -0.2) is 67.7 Å². The highest BCUT2D eigenvalue weighted by molar-refractivity contribution is 7.89. The fraction of sp³-hybridized carbons (Fsp3) is 0.346. The van der Waals surface area contributed by atoms with Gasteiger partial charge in [0.25, 0.3) is 5.91 Å². The van der Waals surface area contributed by atoms with Gasteiger partial charge in [-0.3, -0.25) is 9.69 Å². The topological polar surface area (TPSA) is 60.9 Å². The molecule has 0 spiro atoms. The maximum Gasteiger partial charge on any atom is 0.253 e. The Kier molecular flexibility index (Phi) is 6.19. The van der Waals surface area contributed by atoms with Crippen LogP contribution < -0.4 is 0 Å². The minimum atomic E-state index is -3.53. The normalized spacial score (nSPS) is 18.1. The van der Waals surface area contributed by atoms with Gasteiger partial charge in [0.1, 0.15) is 0 Å². The largest absolute Gasteiger partial charge is 0.336 e. The molecule has 2 saturated heterocycles. The average Bonchev–Trinajstić information content (AvgIpc) is 3.41. The number of amides is 1. The summed E-state index contributed by atoms with van der Waals surface area (Å²) in [5, 5.41) is 2.52. The van der Waals surface area contributed by atoms with E-state index in [1.165, 1.54) is 20.6 Å². The standard InChI is InChI=1S/C26H29N3O3S/c30-26(22-9-6-11-24(19-22)33(31,32)29-13-3-4-14-29)28-17-15-27(16-18-28)20-23-10-5-8-21-7-1-2-12-25(21)23/h1-2,5-12,19H,3-4,13-18,20H2. The number of hydrogen-bond donors (Lipinski definition) is 0. The second-order valence-corrected chi connectivity index (χ2v) is 10.8. The van der Waals surface area contributed by atoms with Crippen LogP contribution in [0.25, 0.3) is 10.8 Å². The van der Waals surface area contributed by atoms with Crippen LogP contribution in [0.5, 0.6) is 0 Å². The molecule has 0 N–H and O–H groups in total. The summed E-state index contributed by atoms with van der Waals surface area (Å²) in [7, 11) is -3.53. The minimum Gasteiger partial charge on any atom is -0.336 e. The number of sulfonamides is 1. The first-order valence-corrected chi connectivity index (χ1v) is 13.0. The molecule has 172 valence electrons. The van der Waals surface area contributed by atoms with Crippen LogP contribution in [-0.2, 0) is 16.6 Å². The quantitative estimate of drug-likeness (QED) is 0.580. The highest BCUT2D eigenvalue weighted by Gasteiger charge is 2.29. The number of piperazine rings is 1. The number of benzene rings is 3. The molecule has 2 aliphatic heterocycles. The number of carbonyl (C=O) groups is 1. The zero-order valence-corrected chi connectivity index (χ0v) is 19.5. The third kappa shape index (κ3) is 4.53. The first-order chi connectivity index (χ1) is 16.0. The molecule has 1 amide bonds. The highest BCUT2D eigenvalue weighted by atomic mass is 32.2. The molecule has 0 aromatic heterocycles. The Morgan fingerprint density at radius 3 is 2.27 bits per heavy atom. The fourth-order valence-electron chi connectivity index (χ4n) is 4.83. The van der Waals surface area contributed by atoms with Gasteiger partial charge in [-0.1, -0.05) is 48.5 Å². The van der Waals surface area contributed by atoms with Crippen molar-refractivity contribution in [2.75, 3.05) is 39.3 Å². The van der Waals surface area contributed by atoms with Crippen LogP contribution in [0.3, 0.4) is 0 Å². The van der Waals surface area contributed by atoms with Crippen molar-refractivity contribution in [2.24, 2.45) is 0 Å². The number of hydrogen-bond acceptors (Lipinski definition) is 4. The average molecular weight is 464 g/mol. The summed E-state index contributed by atoms with van der Waals surface area (Å²) >= 11 is 0. The van der Waals surface area contributed by atoms with E-state index >= 15 is 0 Å². The summed E-state index contributed by atoms with van der Waals surface area (Å²) in [6.45, 7) is 4.81. The Balaban J connectivity index is 1.25. The van der Waals surface area contributed by atoms with Gasteiger partial charge < -0.3 is 4.90 Å². The maximum atomic E-state index is 13.1. The molecule has 0 atom stereocenters. The molecule has 2 aliphatic rings. The van der Waals surface area contributed by atoms with Gasteiger partial charge in [-0.2, -0.15) is 4.31 Å². The predicted molar refractivity (Wildman–Crippen MR) is 130 cm³/mol. The molecule has 33 heavy (non-hydrogen) atoms. The van der Waals surface area contributed by atoms with Crippen LogP contribution >= 0.6 is 0 Å². The van der Waals surface area contributed by atoms with Gasteiger partial charge >= 0.3 is 0 Å². The third-order valence-corrected chi connectivity index (χ3v) is 8.61. The van der Waals surface area contributed by atoms with Crippen molar-refractivity contribution in [3.8, 4) is 0 Å². The summed E-state index contributed by atoms with van der Waals surface area (Å²) in [6, 6.07) is 21.3. The number of nitrogens with zero attached hydrogens (tertiary/aromatic N) is 3. The first-order valence-electron chi connectivity index (χ1n) is 11.6. The van der Waals surface area contributed by atoms with E-state index in [4.69, 9.17) is 0 Å². The van der Waals surface area contributed by atoms with Gasteiger partial charge in [0.05, 0.1) is 4.90 Å². The zero-order valence-electron chi connectivity index (χ0n) is 18.7. The van der Waals surface area contributed by atoms with E-state index in [2.05, 4.69) is 47.4 Å². The Bertz CT molecular complexity index is 1260. The van der Waals surface area contributed by atoms with Crippen molar-refractivity contribution >= 4 is 26.7 Å². The molecule has 3 aromatic rings. The van der Waals surface area contributed by atoms with Gasteiger partial charge in [-0.05, 0) is 47.4 Å². The van der Waals surface area contributed by atoms with E-state index in [9.17, 15) is 13.2 Å². The van der Waals surface area contributed by atoms with Gasteiger partial charge in [0.15, 0.2) is 0 Å². The summed E-state index contributed by atoms with van der Waals surface area (Å²) in [5.41, 5.74) is 1.74. The van der Waals surface area contributed by atoms with Crippen molar-refractivity contribution in [3.05, 3.63) is 77.9 Å². The predicted octanol–water partition coefficient (Wildman–Crippen LogP) is 3.58. The molecular formula is C26H29N3O3S. The summed E-state index contributed by atoms with van der Waals surface area (Å²) in [4.78, 5) is 17.6. The van der Waals surface area contributed by atoms with Gasteiger partial charge in [-0.25, -0.2) is 8.42 Å². The molecule has 6 nitrogen and oxygen atoms in total. The summed E-state index contributed by atoms with van der Waals surface area (Å²) in [5.74, 6) is -0.0988. The minimum absolute atomic E-state index is 0.0988. The Hall–Kier alpha value is -2.74.